The molecule has 0 atom stereocenters. The molecule has 0 fully saturated rings. The van der Waals surface area contributed by atoms with Crippen molar-refractivity contribution in [3.63, 3.8) is 0 Å². The molecule has 2 heterocycles. The van der Waals surface area contributed by atoms with Crippen LogP contribution in [0, 0.1) is 0 Å². The largest absolute Gasteiger partial charge is 0.465 e. The predicted octanol–water partition coefficient (Wildman–Crippen LogP) is 3.06. The van der Waals surface area contributed by atoms with Crippen LogP contribution in [0.2, 0.25) is 5.15 Å². The van der Waals surface area contributed by atoms with E-state index in [1.807, 2.05) is 0 Å². The Morgan fingerprint density at radius 3 is 2.65 bits per heavy atom. The molecular formula is C14H10ClN3O2. The van der Waals surface area contributed by atoms with Gasteiger partial charge >= 0.3 is 5.97 Å². The highest BCUT2D eigenvalue weighted by atomic mass is 35.5. The number of aromatic amines is 1. The molecule has 0 aliphatic heterocycles. The van der Waals surface area contributed by atoms with Gasteiger partial charge in [0.15, 0.2) is 5.15 Å². The molecule has 6 heteroatoms. The summed E-state index contributed by atoms with van der Waals surface area (Å²) < 4.78 is 4.66. The van der Waals surface area contributed by atoms with Crippen LogP contribution < -0.4 is 0 Å². The number of imidazole rings is 1. The van der Waals surface area contributed by atoms with Crippen molar-refractivity contribution in [3.8, 4) is 11.4 Å². The maximum atomic E-state index is 11.4. The second-order valence-electron chi connectivity index (χ2n) is 4.15. The maximum absolute atomic E-state index is 11.4. The summed E-state index contributed by atoms with van der Waals surface area (Å²) in [5, 5.41) is 0.358. The van der Waals surface area contributed by atoms with Crippen LogP contribution in [0.5, 0.6) is 0 Å². The van der Waals surface area contributed by atoms with Gasteiger partial charge in [0.05, 0.1) is 18.2 Å². The van der Waals surface area contributed by atoms with Crippen molar-refractivity contribution in [2.45, 2.75) is 0 Å². The third-order valence-electron chi connectivity index (χ3n) is 2.94. The highest BCUT2D eigenvalue weighted by Gasteiger charge is 2.10. The van der Waals surface area contributed by atoms with Gasteiger partial charge in [-0.3, -0.25) is 0 Å². The Bertz CT molecular complexity index is 781. The van der Waals surface area contributed by atoms with E-state index >= 15 is 0 Å². The molecule has 0 bridgehead atoms. The summed E-state index contributed by atoms with van der Waals surface area (Å²) in [6.45, 7) is 0. The van der Waals surface area contributed by atoms with Crippen LogP contribution in [0.4, 0.5) is 0 Å². The number of pyridine rings is 1. The molecule has 100 valence electrons. The topological polar surface area (TPSA) is 67.9 Å². The van der Waals surface area contributed by atoms with E-state index in [4.69, 9.17) is 11.6 Å². The molecule has 3 rings (SSSR count). The van der Waals surface area contributed by atoms with Gasteiger partial charge in [0.25, 0.3) is 0 Å². The van der Waals surface area contributed by atoms with Crippen molar-refractivity contribution in [1.82, 2.24) is 15.0 Å². The monoisotopic (exact) mass is 287 g/mol. The summed E-state index contributed by atoms with van der Waals surface area (Å²) in [6.07, 6.45) is 1.62. The molecule has 0 aliphatic rings. The molecule has 3 aromatic rings. The van der Waals surface area contributed by atoms with Crippen molar-refractivity contribution in [1.29, 1.82) is 0 Å². The summed E-state index contributed by atoms with van der Waals surface area (Å²) in [4.78, 5) is 22.9. The van der Waals surface area contributed by atoms with E-state index in [-0.39, 0.29) is 5.97 Å². The second kappa shape index (κ2) is 4.94. The molecule has 0 aliphatic carbocycles. The number of carbonyl (C=O) groups is 1. The van der Waals surface area contributed by atoms with Crippen molar-refractivity contribution >= 4 is 28.6 Å². The molecule has 0 radical (unpaired) electrons. The zero-order valence-corrected chi connectivity index (χ0v) is 11.3. The maximum Gasteiger partial charge on any atom is 0.337 e. The number of hydrogen-bond donors (Lipinski definition) is 1. The van der Waals surface area contributed by atoms with E-state index in [0.29, 0.717) is 22.1 Å². The van der Waals surface area contributed by atoms with Gasteiger partial charge in [-0.2, -0.15) is 0 Å². The van der Waals surface area contributed by atoms with E-state index in [1.54, 1.807) is 36.5 Å². The van der Waals surface area contributed by atoms with E-state index in [0.717, 1.165) is 11.1 Å². The quantitative estimate of drug-likeness (QED) is 0.581. The van der Waals surface area contributed by atoms with Crippen LogP contribution in [0.25, 0.3) is 22.4 Å². The van der Waals surface area contributed by atoms with Gasteiger partial charge < -0.3 is 9.72 Å². The number of fused-ring (bicyclic) bond motifs is 1. The van der Waals surface area contributed by atoms with Crippen LogP contribution in [0.3, 0.4) is 0 Å². The van der Waals surface area contributed by atoms with Crippen LogP contribution >= 0.6 is 11.6 Å². The minimum atomic E-state index is -0.367. The Labute approximate surface area is 119 Å². The fourth-order valence-electron chi connectivity index (χ4n) is 1.92. The summed E-state index contributed by atoms with van der Waals surface area (Å²) in [5.41, 5.74) is 2.79. The average Bonchev–Trinajstić information content (AvgIpc) is 2.92. The number of methoxy groups -OCH3 is 1. The Morgan fingerprint density at radius 2 is 2.00 bits per heavy atom. The van der Waals surface area contributed by atoms with Crippen molar-refractivity contribution in [3.05, 3.63) is 47.2 Å². The molecule has 0 saturated carbocycles. The number of rotatable bonds is 2. The number of nitrogens with one attached hydrogen (secondary N) is 1. The number of hydrogen-bond acceptors (Lipinski definition) is 4. The van der Waals surface area contributed by atoms with Gasteiger partial charge in [-0.25, -0.2) is 14.8 Å². The number of ether oxygens (including phenoxy) is 1. The highest BCUT2D eigenvalue weighted by Crippen LogP contribution is 2.24. The van der Waals surface area contributed by atoms with Crippen molar-refractivity contribution in [2.24, 2.45) is 0 Å². The van der Waals surface area contributed by atoms with Gasteiger partial charge in [-0.15, -0.1) is 0 Å². The first kappa shape index (κ1) is 12.6. The smallest absolute Gasteiger partial charge is 0.337 e. The second-order valence-corrected chi connectivity index (χ2v) is 4.51. The fourth-order valence-corrected chi connectivity index (χ4v) is 2.12. The van der Waals surface area contributed by atoms with Crippen LogP contribution in [0.1, 0.15) is 10.4 Å². The molecule has 2 aromatic heterocycles. The van der Waals surface area contributed by atoms with Crippen molar-refractivity contribution < 1.29 is 9.53 Å². The number of esters is 1. The molecule has 0 saturated heterocycles. The number of carbonyl (C=O) groups excluding carboxylic acids is 1. The lowest BCUT2D eigenvalue weighted by Gasteiger charge is -2.00. The zero-order chi connectivity index (χ0) is 14.1. The minimum Gasteiger partial charge on any atom is -0.465 e. The number of halogens is 1. The first-order valence-corrected chi connectivity index (χ1v) is 6.26. The number of benzene rings is 1. The molecule has 20 heavy (non-hydrogen) atoms. The molecule has 0 unspecified atom stereocenters. The Balaban J connectivity index is 2.02. The fraction of sp³-hybridized carbons (Fsp3) is 0.0714. The summed E-state index contributed by atoms with van der Waals surface area (Å²) in [6, 6.07) is 8.78. The lowest BCUT2D eigenvalue weighted by Crippen LogP contribution is -2.00. The average molecular weight is 288 g/mol. The Kier molecular flexibility index (Phi) is 3.12. The third-order valence-corrected chi connectivity index (χ3v) is 3.21. The van der Waals surface area contributed by atoms with E-state index < -0.39 is 0 Å². The van der Waals surface area contributed by atoms with Gasteiger partial charge in [0.2, 0.25) is 0 Å². The zero-order valence-electron chi connectivity index (χ0n) is 10.6. The van der Waals surface area contributed by atoms with Crippen LogP contribution in [-0.4, -0.2) is 28.0 Å². The first-order chi connectivity index (χ1) is 9.69. The summed E-state index contributed by atoms with van der Waals surface area (Å²) in [5.74, 6) is 0.305. The Morgan fingerprint density at radius 1 is 1.25 bits per heavy atom. The van der Waals surface area contributed by atoms with E-state index in [2.05, 4.69) is 19.7 Å². The number of H-pyrrole nitrogens is 1. The summed E-state index contributed by atoms with van der Waals surface area (Å²) in [7, 11) is 1.35. The normalized spacial score (nSPS) is 10.7. The molecule has 0 spiro atoms. The standard InChI is InChI=1S/C14H10ClN3O2/c1-20-14(19)9-4-2-8(3-5-9)13-17-10-6-7-16-12(15)11(10)18-13/h2-7H,1H3,(H,17,18). The van der Waals surface area contributed by atoms with E-state index in [1.165, 1.54) is 7.11 Å². The molecule has 1 aromatic carbocycles. The van der Waals surface area contributed by atoms with Gasteiger partial charge in [0.1, 0.15) is 11.3 Å². The SMILES string of the molecule is COC(=O)c1ccc(-c2nc3c(Cl)nccc3[nH]2)cc1. The molecule has 0 amide bonds. The number of aromatic nitrogens is 3. The predicted molar refractivity (Wildman–Crippen MR) is 75.7 cm³/mol. The van der Waals surface area contributed by atoms with E-state index in [9.17, 15) is 4.79 Å². The van der Waals surface area contributed by atoms with Gasteiger partial charge in [-0.05, 0) is 18.2 Å². The third kappa shape index (κ3) is 2.12. The first-order valence-electron chi connectivity index (χ1n) is 5.88. The highest BCUT2D eigenvalue weighted by molar-refractivity contribution is 6.33. The molecule has 5 nitrogen and oxygen atoms in total. The molecule has 1 N–H and O–H groups in total. The van der Waals surface area contributed by atoms with Gasteiger partial charge in [-0.1, -0.05) is 23.7 Å². The number of nitrogens with zero attached hydrogens (tertiary/aromatic N) is 2. The molecular weight excluding hydrogens is 278 g/mol. The summed E-state index contributed by atoms with van der Waals surface area (Å²) >= 11 is 5.99. The lowest BCUT2D eigenvalue weighted by atomic mass is 10.1. The van der Waals surface area contributed by atoms with Crippen molar-refractivity contribution in [2.75, 3.05) is 7.11 Å². The van der Waals surface area contributed by atoms with Gasteiger partial charge in [0, 0.05) is 11.8 Å². The van der Waals surface area contributed by atoms with Crippen LogP contribution in [-0.2, 0) is 4.74 Å². The van der Waals surface area contributed by atoms with Crippen LogP contribution in [0.15, 0.2) is 36.5 Å². The minimum absolute atomic E-state index is 0.358. The Hall–Kier alpha value is -2.40. The lowest BCUT2D eigenvalue weighted by molar-refractivity contribution is 0.0601.